The highest BCUT2D eigenvalue weighted by Crippen LogP contribution is 2.39. The molecule has 138 valence electrons. The van der Waals surface area contributed by atoms with Crippen LogP contribution in [-0.4, -0.2) is 43.7 Å². The van der Waals surface area contributed by atoms with Crippen LogP contribution in [0.5, 0.6) is 5.75 Å². The quantitative estimate of drug-likeness (QED) is 0.397. The predicted molar refractivity (Wildman–Crippen MR) is 103 cm³/mol. The summed E-state index contributed by atoms with van der Waals surface area (Å²) in [5, 5.41) is 13.1. The van der Waals surface area contributed by atoms with Crippen molar-refractivity contribution in [3.8, 4) is 5.75 Å². The average Bonchev–Trinajstić information content (AvgIpc) is 3.35. The van der Waals surface area contributed by atoms with Gasteiger partial charge in [0.15, 0.2) is 0 Å². The van der Waals surface area contributed by atoms with Gasteiger partial charge in [0.2, 0.25) is 0 Å². The van der Waals surface area contributed by atoms with Crippen LogP contribution in [0.4, 0.5) is 0 Å². The molecular formula is C19H31BN2O3. The van der Waals surface area contributed by atoms with E-state index in [9.17, 15) is 9.90 Å². The lowest BCUT2D eigenvalue weighted by molar-refractivity contribution is -0.144. The number of unbranched alkanes of at least 4 members (excludes halogenated alkanes) is 1. The highest BCUT2D eigenvalue weighted by atomic mass is 16.5. The second-order valence-corrected chi connectivity index (χ2v) is 7.40. The molecule has 0 heterocycles. The van der Waals surface area contributed by atoms with Gasteiger partial charge in [-0.25, -0.2) is 0 Å². The van der Waals surface area contributed by atoms with Crippen molar-refractivity contribution >= 4 is 13.8 Å². The Morgan fingerprint density at radius 1 is 1.32 bits per heavy atom. The van der Waals surface area contributed by atoms with Crippen LogP contribution < -0.4 is 15.8 Å². The number of carbonyl (C=O) groups is 1. The molecule has 1 unspecified atom stereocenters. The number of aliphatic carboxylic acids is 1. The van der Waals surface area contributed by atoms with Gasteiger partial charge >= 0.3 is 5.97 Å². The topological polar surface area (TPSA) is 84.6 Å². The van der Waals surface area contributed by atoms with Crippen LogP contribution in [0.2, 0.25) is 6.32 Å². The third kappa shape index (κ3) is 5.75. The lowest BCUT2D eigenvalue weighted by Gasteiger charge is -2.26. The van der Waals surface area contributed by atoms with Gasteiger partial charge in [0.1, 0.15) is 19.1 Å². The van der Waals surface area contributed by atoms with Crippen LogP contribution in [0, 0.1) is 0 Å². The molecule has 1 aliphatic rings. The smallest absolute Gasteiger partial charge is 0.323 e. The van der Waals surface area contributed by atoms with E-state index >= 15 is 0 Å². The first kappa shape index (κ1) is 19.8. The number of hydrogen-bond donors (Lipinski definition) is 3. The normalized spacial score (nSPS) is 17.7. The van der Waals surface area contributed by atoms with Crippen molar-refractivity contribution in [2.45, 2.75) is 62.3 Å². The lowest BCUT2D eigenvalue weighted by atomic mass is 9.88. The van der Waals surface area contributed by atoms with Crippen LogP contribution >= 0.6 is 0 Å². The minimum Gasteiger partial charge on any atom is -0.497 e. The molecule has 0 saturated heterocycles. The molecule has 0 aliphatic heterocycles. The molecule has 0 radical (unpaired) electrons. The molecule has 1 fully saturated rings. The molecule has 0 bridgehead atoms. The number of nitrogens with two attached hydrogens (primary N) is 1. The molecule has 1 aromatic rings. The third-order valence-corrected chi connectivity index (χ3v) is 5.28. The first-order valence-electron chi connectivity index (χ1n) is 9.33. The van der Waals surface area contributed by atoms with Crippen molar-refractivity contribution in [2.24, 2.45) is 5.73 Å². The highest BCUT2D eigenvalue weighted by molar-refractivity contribution is 6.08. The van der Waals surface area contributed by atoms with Crippen molar-refractivity contribution in [1.82, 2.24) is 5.32 Å². The Hall–Kier alpha value is -1.53. The summed E-state index contributed by atoms with van der Waals surface area (Å²) in [6, 6.07) is 8.15. The van der Waals surface area contributed by atoms with Crippen LogP contribution in [0.15, 0.2) is 24.3 Å². The van der Waals surface area contributed by atoms with E-state index in [4.69, 9.17) is 10.5 Å². The first-order valence-corrected chi connectivity index (χ1v) is 9.33. The van der Waals surface area contributed by atoms with Gasteiger partial charge < -0.3 is 20.9 Å². The molecule has 1 aliphatic carbocycles. The second-order valence-electron chi connectivity index (χ2n) is 7.40. The summed E-state index contributed by atoms with van der Waals surface area (Å²) in [7, 11) is 3.78. The molecule has 0 aromatic heterocycles. The zero-order valence-corrected chi connectivity index (χ0v) is 15.5. The minimum atomic E-state index is -1.11. The SMILES string of the molecule is BCCCCC(N)(CCNC1(Cc2ccc(OC)cc2)CC1)C(=O)O. The Bertz CT molecular complexity index is 560. The van der Waals surface area contributed by atoms with E-state index in [-0.39, 0.29) is 5.54 Å². The molecule has 25 heavy (non-hydrogen) atoms. The molecule has 1 atom stereocenters. The van der Waals surface area contributed by atoms with E-state index in [1.165, 1.54) is 5.56 Å². The number of hydrogen-bond acceptors (Lipinski definition) is 4. The van der Waals surface area contributed by atoms with Gasteiger partial charge in [-0.05, 0) is 56.3 Å². The molecule has 5 nitrogen and oxygen atoms in total. The molecule has 0 spiro atoms. The van der Waals surface area contributed by atoms with E-state index in [1.54, 1.807) is 7.11 Å². The van der Waals surface area contributed by atoms with E-state index in [1.807, 2.05) is 12.1 Å². The molecule has 4 N–H and O–H groups in total. The van der Waals surface area contributed by atoms with Gasteiger partial charge in [-0.1, -0.05) is 31.3 Å². The van der Waals surface area contributed by atoms with Crippen LogP contribution in [0.1, 0.15) is 44.1 Å². The summed E-state index contributed by atoms with van der Waals surface area (Å²) in [6.07, 6.45) is 7.19. The first-order chi connectivity index (χ1) is 11.9. The van der Waals surface area contributed by atoms with Crippen LogP contribution in [-0.2, 0) is 11.2 Å². The van der Waals surface area contributed by atoms with Crippen molar-refractivity contribution in [3.05, 3.63) is 29.8 Å². The van der Waals surface area contributed by atoms with Crippen LogP contribution in [0.3, 0.4) is 0 Å². The standard InChI is InChI=1S/C19H31BN2O3/c1-25-16-6-4-15(5-7-16)14-18(9-10-18)22-13-11-19(21,17(23)24)8-2-3-12-20/h4-7,22H,2-3,8-14,20-21H2,1H3,(H,23,24). The zero-order chi connectivity index (χ0) is 18.3. The monoisotopic (exact) mass is 346 g/mol. The van der Waals surface area contributed by atoms with Gasteiger partial charge in [0.05, 0.1) is 7.11 Å². The van der Waals surface area contributed by atoms with Gasteiger partial charge in [-0.2, -0.15) is 0 Å². The summed E-state index contributed by atoms with van der Waals surface area (Å²) >= 11 is 0. The predicted octanol–water partition coefficient (Wildman–Crippen LogP) is 1.75. The zero-order valence-electron chi connectivity index (χ0n) is 15.5. The molecule has 0 amide bonds. The van der Waals surface area contributed by atoms with E-state index < -0.39 is 11.5 Å². The molecule has 2 rings (SSSR count). The summed E-state index contributed by atoms with van der Waals surface area (Å²) in [4.78, 5) is 11.6. The summed E-state index contributed by atoms with van der Waals surface area (Å²) in [6.45, 7) is 0.644. The van der Waals surface area contributed by atoms with Crippen molar-refractivity contribution in [2.75, 3.05) is 13.7 Å². The maximum absolute atomic E-state index is 11.6. The van der Waals surface area contributed by atoms with Crippen LogP contribution in [0.25, 0.3) is 0 Å². The third-order valence-electron chi connectivity index (χ3n) is 5.28. The Morgan fingerprint density at radius 3 is 2.52 bits per heavy atom. The summed E-state index contributed by atoms with van der Waals surface area (Å²) < 4.78 is 5.19. The van der Waals surface area contributed by atoms with Crippen molar-refractivity contribution in [1.29, 1.82) is 0 Å². The molecular weight excluding hydrogens is 315 g/mol. The maximum atomic E-state index is 11.6. The fourth-order valence-electron chi connectivity index (χ4n) is 3.28. The number of carboxylic acids is 1. The minimum absolute atomic E-state index is 0.109. The van der Waals surface area contributed by atoms with Gasteiger partial charge in [0, 0.05) is 5.54 Å². The lowest BCUT2D eigenvalue weighted by Crippen LogP contribution is -2.50. The summed E-state index contributed by atoms with van der Waals surface area (Å²) in [5.41, 5.74) is 6.43. The van der Waals surface area contributed by atoms with E-state index in [2.05, 4.69) is 25.3 Å². The van der Waals surface area contributed by atoms with Crippen molar-refractivity contribution in [3.63, 3.8) is 0 Å². The Labute approximate surface area is 151 Å². The summed E-state index contributed by atoms with van der Waals surface area (Å²) in [5.74, 6) is -0.0200. The largest absolute Gasteiger partial charge is 0.497 e. The fraction of sp³-hybridized carbons (Fsp3) is 0.632. The Balaban J connectivity index is 1.83. The fourth-order valence-corrected chi connectivity index (χ4v) is 3.28. The van der Waals surface area contributed by atoms with E-state index in [0.717, 1.165) is 44.2 Å². The number of carboxylic acid groups (broad SMARTS) is 1. The Morgan fingerprint density at radius 2 is 2.00 bits per heavy atom. The van der Waals surface area contributed by atoms with E-state index in [0.29, 0.717) is 19.4 Å². The number of ether oxygens (including phenoxy) is 1. The average molecular weight is 346 g/mol. The molecule has 1 aromatic carbocycles. The van der Waals surface area contributed by atoms with Crippen molar-refractivity contribution < 1.29 is 14.6 Å². The van der Waals surface area contributed by atoms with Gasteiger partial charge in [-0.15, -0.1) is 0 Å². The Kier molecular flexibility index (Phi) is 6.91. The second kappa shape index (κ2) is 8.72. The number of nitrogens with one attached hydrogen (secondary N) is 1. The van der Waals surface area contributed by atoms with Gasteiger partial charge in [-0.3, -0.25) is 4.79 Å². The number of rotatable bonds is 12. The number of benzene rings is 1. The molecule has 6 heteroatoms. The number of methoxy groups -OCH3 is 1. The highest BCUT2D eigenvalue weighted by Gasteiger charge is 2.42. The molecule has 1 saturated carbocycles. The van der Waals surface area contributed by atoms with Gasteiger partial charge in [0.25, 0.3) is 0 Å². The maximum Gasteiger partial charge on any atom is 0.323 e.